The van der Waals surface area contributed by atoms with Crippen molar-refractivity contribution in [2.24, 2.45) is 9.98 Å². The Bertz CT molecular complexity index is 1210. The highest BCUT2D eigenvalue weighted by Crippen LogP contribution is 2.33. The van der Waals surface area contributed by atoms with Crippen molar-refractivity contribution in [2.45, 2.75) is 13.3 Å². The molecular weight excluding hydrogens is 442 g/mol. The van der Waals surface area contributed by atoms with Gasteiger partial charge in [0.2, 0.25) is 5.91 Å². The molecule has 0 unspecified atom stereocenters. The van der Waals surface area contributed by atoms with E-state index in [-0.39, 0.29) is 11.7 Å². The molecule has 1 aliphatic heterocycles. The number of benzene rings is 3. The highest BCUT2D eigenvalue weighted by molar-refractivity contribution is 8.14. The standard InChI is InChI=1S/C25H22ClN3O2S/c1-16-7-9-17(10-8-16)22-14-25(29-21-6-4-3-5-20(21)28-22)32-15-24(30)27-18-11-12-23(31-2)19(26)13-18/h3-13H,14-15H2,1-2H3,(H,27,30). The van der Waals surface area contributed by atoms with Gasteiger partial charge in [-0.1, -0.05) is 53.6 Å². The van der Waals surface area contributed by atoms with Crippen LogP contribution >= 0.6 is 23.4 Å². The number of rotatable bonds is 5. The molecule has 3 aromatic rings. The van der Waals surface area contributed by atoms with Crippen LogP contribution in [0.2, 0.25) is 5.02 Å². The van der Waals surface area contributed by atoms with Gasteiger partial charge in [-0.05, 0) is 42.8 Å². The maximum absolute atomic E-state index is 12.5. The van der Waals surface area contributed by atoms with Crippen molar-refractivity contribution in [1.29, 1.82) is 0 Å². The van der Waals surface area contributed by atoms with E-state index in [1.807, 2.05) is 24.3 Å². The number of amides is 1. The second-order valence-corrected chi connectivity index (χ2v) is 8.74. The van der Waals surface area contributed by atoms with Gasteiger partial charge in [-0.3, -0.25) is 9.79 Å². The summed E-state index contributed by atoms with van der Waals surface area (Å²) in [6, 6.07) is 21.2. The van der Waals surface area contributed by atoms with Crippen molar-refractivity contribution in [3.63, 3.8) is 0 Å². The third kappa shape index (κ3) is 5.39. The maximum atomic E-state index is 12.5. The number of carbonyl (C=O) groups is 1. The van der Waals surface area contributed by atoms with Crippen LogP contribution in [0.15, 0.2) is 76.7 Å². The van der Waals surface area contributed by atoms with Crippen molar-refractivity contribution < 1.29 is 9.53 Å². The lowest BCUT2D eigenvalue weighted by Gasteiger charge is -2.09. The first-order valence-corrected chi connectivity index (χ1v) is 11.5. The van der Waals surface area contributed by atoms with Gasteiger partial charge < -0.3 is 10.1 Å². The molecule has 32 heavy (non-hydrogen) atoms. The van der Waals surface area contributed by atoms with Gasteiger partial charge in [0.25, 0.3) is 0 Å². The summed E-state index contributed by atoms with van der Waals surface area (Å²) in [5, 5.41) is 4.16. The third-order valence-corrected chi connectivity index (χ3v) is 6.16. The second-order valence-electron chi connectivity index (χ2n) is 7.28. The molecule has 0 spiro atoms. The van der Waals surface area contributed by atoms with E-state index in [1.54, 1.807) is 25.3 Å². The van der Waals surface area contributed by atoms with Crippen LogP contribution < -0.4 is 10.1 Å². The molecule has 1 amide bonds. The molecular formula is C25H22ClN3O2S. The first kappa shape index (κ1) is 22.1. The SMILES string of the molecule is COc1ccc(NC(=O)CSC2=Nc3ccccc3N=C(c3ccc(C)cc3)C2)cc1Cl. The van der Waals surface area contributed by atoms with Crippen molar-refractivity contribution in [2.75, 3.05) is 18.2 Å². The van der Waals surface area contributed by atoms with Gasteiger partial charge in [-0.25, -0.2) is 4.99 Å². The first-order chi connectivity index (χ1) is 15.5. The Hall–Kier alpha value is -3.09. The van der Waals surface area contributed by atoms with E-state index in [2.05, 4.69) is 36.5 Å². The zero-order valence-corrected chi connectivity index (χ0v) is 19.3. The Morgan fingerprint density at radius 3 is 2.47 bits per heavy atom. The molecule has 5 nitrogen and oxygen atoms in total. The normalized spacial score (nSPS) is 12.8. The van der Waals surface area contributed by atoms with E-state index < -0.39 is 0 Å². The number of fused-ring (bicyclic) bond motifs is 1. The molecule has 0 atom stereocenters. The highest BCUT2D eigenvalue weighted by atomic mass is 35.5. The number of hydrogen-bond acceptors (Lipinski definition) is 5. The zero-order valence-electron chi connectivity index (χ0n) is 17.8. The molecule has 4 rings (SSSR count). The van der Waals surface area contributed by atoms with Gasteiger partial charge in [0.15, 0.2) is 0 Å². The van der Waals surface area contributed by atoms with Gasteiger partial charge in [0.1, 0.15) is 5.75 Å². The number of anilines is 1. The summed E-state index contributed by atoms with van der Waals surface area (Å²) in [6.45, 7) is 2.06. The smallest absolute Gasteiger partial charge is 0.234 e. The van der Waals surface area contributed by atoms with Crippen molar-refractivity contribution in [1.82, 2.24) is 0 Å². The third-order valence-electron chi connectivity index (χ3n) is 4.89. The van der Waals surface area contributed by atoms with Gasteiger partial charge >= 0.3 is 0 Å². The maximum Gasteiger partial charge on any atom is 0.234 e. The summed E-state index contributed by atoms with van der Waals surface area (Å²) in [5.74, 6) is 0.657. The van der Waals surface area contributed by atoms with E-state index in [0.29, 0.717) is 22.9 Å². The Morgan fingerprint density at radius 2 is 1.78 bits per heavy atom. The van der Waals surface area contributed by atoms with Crippen LogP contribution in [0.25, 0.3) is 0 Å². The average molecular weight is 464 g/mol. The predicted molar refractivity (Wildman–Crippen MR) is 135 cm³/mol. The molecule has 7 heteroatoms. The molecule has 1 heterocycles. The van der Waals surface area contributed by atoms with Crippen LogP contribution in [0, 0.1) is 6.92 Å². The Balaban J connectivity index is 1.49. The van der Waals surface area contributed by atoms with Crippen molar-refractivity contribution in [3.05, 3.63) is 82.9 Å². The molecule has 0 saturated carbocycles. The first-order valence-electron chi connectivity index (χ1n) is 10.1. The Kier molecular flexibility index (Phi) is 6.93. The van der Waals surface area contributed by atoms with E-state index >= 15 is 0 Å². The van der Waals surface area contributed by atoms with Gasteiger partial charge in [0, 0.05) is 12.1 Å². The fourth-order valence-corrected chi connectivity index (χ4v) is 4.27. The summed E-state index contributed by atoms with van der Waals surface area (Å²) >= 11 is 7.56. The van der Waals surface area contributed by atoms with Crippen LogP contribution in [0.5, 0.6) is 5.75 Å². The second kappa shape index (κ2) is 10.0. The summed E-state index contributed by atoms with van der Waals surface area (Å²) < 4.78 is 5.15. The average Bonchev–Trinajstić information content (AvgIpc) is 2.97. The number of aliphatic imine (C=N–C) groups is 2. The minimum atomic E-state index is -0.134. The largest absolute Gasteiger partial charge is 0.495 e. The summed E-state index contributed by atoms with van der Waals surface area (Å²) in [5.41, 5.74) is 5.44. The van der Waals surface area contributed by atoms with Crippen molar-refractivity contribution in [3.8, 4) is 5.75 Å². The molecule has 1 N–H and O–H groups in total. The van der Waals surface area contributed by atoms with E-state index in [4.69, 9.17) is 26.3 Å². The minimum absolute atomic E-state index is 0.134. The quantitative estimate of drug-likeness (QED) is 0.464. The van der Waals surface area contributed by atoms with E-state index in [0.717, 1.165) is 27.7 Å². The number of aryl methyl sites for hydroxylation is 1. The minimum Gasteiger partial charge on any atom is -0.495 e. The number of ether oxygens (including phenoxy) is 1. The molecule has 162 valence electrons. The van der Waals surface area contributed by atoms with Crippen LogP contribution in [0.1, 0.15) is 17.5 Å². The number of thioether (sulfide) groups is 1. The molecule has 0 aliphatic carbocycles. The van der Waals surface area contributed by atoms with Crippen LogP contribution in [0.4, 0.5) is 17.1 Å². The fraction of sp³-hybridized carbons (Fsp3) is 0.160. The van der Waals surface area contributed by atoms with Crippen molar-refractivity contribution >= 4 is 57.1 Å². The molecule has 1 aliphatic rings. The van der Waals surface area contributed by atoms with Gasteiger partial charge in [0.05, 0.1) is 40.0 Å². The molecule has 0 radical (unpaired) electrons. The Morgan fingerprint density at radius 1 is 1.06 bits per heavy atom. The highest BCUT2D eigenvalue weighted by Gasteiger charge is 2.17. The molecule has 0 aromatic heterocycles. The monoisotopic (exact) mass is 463 g/mol. The molecule has 0 fully saturated rings. The van der Waals surface area contributed by atoms with E-state index in [9.17, 15) is 4.79 Å². The van der Waals surface area contributed by atoms with Crippen LogP contribution in [-0.4, -0.2) is 29.5 Å². The number of methoxy groups -OCH3 is 1. The number of para-hydroxylation sites is 2. The number of nitrogens with one attached hydrogen (secondary N) is 1. The fourth-order valence-electron chi connectivity index (χ4n) is 3.24. The predicted octanol–water partition coefficient (Wildman–Crippen LogP) is 6.58. The topological polar surface area (TPSA) is 63.0 Å². The van der Waals surface area contributed by atoms with Crippen LogP contribution in [0.3, 0.4) is 0 Å². The lowest BCUT2D eigenvalue weighted by atomic mass is 10.1. The lowest BCUT2D eigenvalue weighted by molar-refractivity contribution is -0.113. The molecule has 0 bridgehead atoms. The van der Waals surface area contributed by atoms with Crippen LogP contribution in [-0.2, 0) is 4.79 Å². The lowest BCUT2D eigenvalue weighted by Crippen LogP contribution is -2.16. The number of hydrogen-bond donors (Lipinski definition) is 1. The Labute approximate surface area is 196 Å². The molecule has 0 saturated heterocycles. The zero-order chi connectivity index (χ0) is 22.5. The summed E-state index contributed by atoms with van der Waals surface area (Å²) in [6.07, 6.45) is 0.560. The van der Waals surface area contributed by atoms with Gasteiger partial charge in [-0.15, -0.1) is 11.8 Å². The number of halogens is 1. The van der Waals surface area contributed by atoms with E-state index in [1.165, 1.54) is 17.3 Å². The van der Waals surface area contributed by atoms with Gasteiger partial charge in [-0.2, -0.15) is 0 Å². The molecule has 3 aromatic carbocycles. The number of nitrogens with zero attached hydrogens (tertiary/aromatic N) is 2. The summed E-state index contributed by atoms with van der Waals surface area (Å²) in [7, 11) is 1.55. The summed E-state index contributed by atoms with van der Waals surface area (Å²) in [4.78, 5) is 22.2. The number of carbonyl (C=O) groups excluding carboxylic acids is 1.